The van der Waals surface area contributed by atoms with Gasteiger partial charge >= 0.3 is 5.69 Å². The molecule has 2 N–H and O–H groups in total. The fourth-order valence-electron chi connectivity index (χ4n) is 1.20. The zero-order valence-electron chi connectivity index (χ0n) is 7.60. The number of rotatable bonds is 2. The smallest absolute Gasteiger partial charge is 0.309 e. The maximum atomic E-state index is 10.6. The second-order valence-electron chi connectivity index (χ2n) is 2.79. The van der Waals surface area contributed by atoms with E-state index in [1.54, 1.807) is 6.07 Å². The molecule has 0 amide bonds. The molecule has 0 fully saturated rings. The topological polar surface area (TPSA) is 117 Å². The number of hydrogen-bond acceptors (Lipinski definition) is 5. The van der Waals surface area contributed by atoms with Crippen molar-refractivity contribution in [3.63, 3.8) is 0 Å². The third-order valence-corrected chi connectivity index (χ3v) is 1.79. The van der Waals surface area contributed by atoms with Crippen LogP contribution in [-0.2, 0) is 6.42 Å². The van der Waals surface area contributed by atoms with Crippen molar-refractivity contribution in [3.05, 3.63) is 33.4 Å². The summed E-state index contributed by atoms with van der Waals surface area (Å²) in [4.78, 5) is 9.88. The first-order chi connectivity index (χ1) is 7.10. The fraction of sp³-hybridized carbons (Fsp3) is 0.111. The van der Waals surface area contributed by atoms with Crippen LogP contribution in [0.1, 0.15) is 11.1 Å². The second kappa shape index (κ2) is 4.07. The van der Waals surface area contributed by atoms with Crippen LogP contribution < -0.4 is 5.73 Å². The lowest BCUT2D eigenvalue weighted by Crippen LogP contribution is -2.00. The molecule has 0 spiro atoms. The van der Waals surface area contributed by atoms with Crippen LogP contribution in [0.2, 0.25) is 0 Å². The van der Waals surface area contributed by atoms with Gasteiger partial charge in [-0.1, -0.05) is 0 Å². The van der Waals surface area contributed by atoms with E-state index >= 15 is 0 Å². The van der Waals surface area contributed by atoms with E-state index < -0.39 is 10.6 Å². The Kier molecular flexibility index (Phi) is 2.85. The largest absolute Gasteiger partial charge is 0.393 e. The van der Waals surface area contributed by atoms with Gasteiger partial charge in [-0.15, -0.1) is 0 Å². The Bertz CT molecular complexity index is 496. The van der Waals surface area contributed by atoms with Crippen LogP contribution in [0.25, 0.3) is 0 Å². The molecule has 6 nitrogen and oxygen atoms in total. The molecule has 0 heterocycles. The predicted octanol–water partition coefficient (Wildman–Crippen LogP) is 1.11. The molecule has 0 saturated carbocycles. The number of hydrogen-bond donors (Lipinski definition) is 1. The van der Waals surface area contributed by atoms with Gasteiger partial charge in [-0.2, -0.15) is 10.5 Å². The molecular weight excluding hydrogens is 196 g/mol. The Balaban J connectivity index is 3.40. The average molecular weight is 202 g/mol. The third-order valence-electron chi connectivity index (χ3n) is 1.79. The number of anilines is 1. The third kappa shape index (κ3) is 2.01. The summed E-state index contributed by atoms with van der Waals surface area (Å²) in [7, 11) is 0. The molecule has 1 rings (SSSR count). The van der Waals surface area contributed by atoms with Gasteiger partial charge < -0.3 is 5.73 Å². The van der Waals surface area contributed by atoms with Crippen molar-refractivity contribution in [2.24, 2.45) is 0 Å². The van der Waals surface area contributed by atoms with Gasteiger partial charge in [-0.05, 0) is 17.7 Å². The van der Waals surface area contributed by atoms with Gasteiger partial charge in [0.1, 0.15) is 17.3 Å². The highest BCUT2D eigenvalue weighted by molar-refractivity contribution is 5.67. The van der Waals surface area contributed by atoms with Gasteiger partial charge in [-0.3, -0.25) is 10.1 Å². The summed E-state index contributed by atoms with van der Waals surface area (Å²) >= 11 is 0. The van der Waals surface area contributed by atoms with E-state index in [1.807, 2.05) is 6.07 Å². The SMILES string of the molecule is N#CCc1cc(N)c([N+](=O)[O-])c(C#N)c1. The van der Waals surface area contributed by atoms with E-state index in [1.165, 1.54) is 12.1 Å². The number of nitrogen functional groups attached to an aromatic ring is 1. The highest BCUT2D eigenvalue weighted by Gasteiger charge is 2.19. The van der Waals surface area contributed by atoms with Crippen LogP contribution in [0.4, 0.5) is 11.4 Å². The molecule has 0 saturated heterocycles. The molecule has 6 heteroatoms. The van der Waals surface area contributed by atoms with Crippen molar-refractivity contribution in [2.45, 2.75) is 6.42 Å². The first-order valence-corrected chi connectivity index (χ1v) is 3.94. The predicted molar refractivity (Wildman–Crippen MR) is 51.5 cm³/mol. The number of benzene rings is 1. The molecule has 0 radical (unpaired) electrons. The van der Waals surface area contributed by atoms with Crippen molar-refractivity contribution >= 4 is 11.4 Å². The molecule has 1 aromatic carbocycles. The molecule has 15 heavy (non-hydrogen) atoms. The van der Waals surface area contributed by atoms with Crippen molar-refractivity contribution in [1.29, 1.82) is 10.5 Å². The molecule has 0 aliphatic heterocycles. The standard InChI is InChI=1S/C9H6N4O2/c10-2-1-6-3-7(5-11)9(13(14)15)8(12)4-6/h3-4H,1,12H2. The quantitative estimate of drug-likeness (QED) is 0.438. The number of nitriles is 2. The monoisotopic (exact) mass is 202 g/mol. The van der Waals surface area contributed by atoms with Crippen molar-refractivity contribution in [2.75, 3.05) is 5.73 Å². The molecule has 0 bridgehead atoms. The van der Waals surface area contributed by atoms with Crippen LogP contribution in [0.15, 0.2) is 12.1 Å². The summed E-state index contributed by atoms with van der Waals surface area (Å²) in [5, 5.41) is 27.7. The molecule has 0 aliphatic rings. The number of nitrogens with zero attached hydrogens (tertiary/aromatic N) is 3. The molecule has 0 unspecified atom stereocenters. The van der Waals surface area contributed by atoms with Crippen LogP contribution >= 0.6 is 0 Å². The summed E-state index contributed by atoms with van der Waals surface area (Å²) < 4.78 is 0. The highest BCUT2D eigenvalue weighted by atomic mass is 16.6. The Morgan fingerprint density at radius 2 is 2.13 bits per heavy atom. The van der Waals surface area contributed by atoms with Crippen molar-refractivity contribution < 1.29 is 4.92 Å². The molecule has 0 aliphatic carbocycles. The van der Waals surface area contributed by atoms with Crippen molar-refractivity contribution in [3.8, 4) is 12.1 Å². The lowest BCUT2D eigenvalue weighted by Gasteiger charge is -2.01. The summed E-state index contributed by atoms with van der Waals surface area (Å²) in [5.74, 6) is 0. The Morgan fingerprint density at radius 3 is 2.60 bits per heavy atom. The Labute approximate surface area is 85.3 Å². The minimum absolute atomic E-state index is 0.0663. The van der Waals surface area contributed by atoms with E-state index in [0.717, 1.165) is 0 Å². The van der Waals surface area contributed by atoms with E-state index in [4.69, 9.17) is 16.3 Å². The second-order valence-corrected chi connectivity index (χ2v) is 2.79. The zero-order valence-corrected chi connectivity index (χ0v) is 7.60. The van der Waals surface area contributed by atoms with E-state index in [-0.39, 0.29) is 17.7 Å². The van der Waals surface area contributed by atoms with Gasteiger partial charge in [0, 0.05) is 0 Å². The molecule has 0 aromatic heterocycles. The van der Waals surface area contributed by atoms with Gasteiger partial charge in [0.2, 0.25) is 0 Å². The zero-order chi connectivity index (χ0) is 11.4. The van der Waals surface area contributed by atoms with Gasteiger partial charge in [0.25, 0.3) is 0 Å². The molecule has 74 valence electrons. The molecular formula is C9H6N4O2. The minimum Gasteiger partial charge on any atom is -0.393 e. The van der Waals surface area contributed by atoms with Crippen molar-refractivity contribution in [1.82, 2.24) is 0 Å². The Hall–Kier alpha value is -2.60. The van der Waals surface area contributed by atoms with Crippen LogP contribution in [-0.4, -0.2) is 4.92 Å². The lowest BCUT2D eigenvalue weighted by molar-refractivity contribution is -0.384. The highest BCUT2D eigenvalue weighted by Crippen LogP contribution is 2.27. The molecule has 1 aromatic rings. The first-order valence-electron chi connectivity index (χ1n) is 3.94. The molecule has 0 atom stereocenters. The number of nitrogens with two attached hydrogens (primary N) is 1. The van der Waals surface area contributed by atoms with Crippen LogP contribution in [0.3, 0.4) is 0 Å². The number of nitro benzene ring substituents is 1. The van der Waals surface area contributed by atoms with E-state index in [0.29, 0.717) is 5.56 Å². The van der Waals surface area contributed by atoms with E-state index in [2.05, 4.69) is 0 Å². The minimum atomic E-state index is -0.704. The maximum absolute atomic E-state index is 10.6. The van der Waals surface area contributed by atoms with E-state index in [9.17, 15) is 10.1 Å². The normalized spacial score (nSPS) is 8.93. The van der Waals surface area contributed by atoms with Gasteiger partial charge in [-0.25, -0.2) is 0 Å². The van der Waals surface area contributed by atoms with Crippen LogP contribution in [0.5, 0.6) is 0 Å². The summed E-state index contributed by atoms with van der Waals surface area (Å²) in [6.45, 7) is 0. The number of nitro groups is 1. The summed E-state index contributed by atoms with van der Waals surface area (Å²) in [6.07, 6.45) is 0.0663. The first kappa shape index (κ1) is 10.5. The maximum Gasteiger partial charge on any atom is 0.309 e. The Morgan fingerprint density at radius 1 is 1.47 bits per heavy atom. The summed E-state index contributed by atoms with van der Waals surface area (Å²) in [5.41, 5.74) is 5.31. The van der Waals surface area contributed by atoms with Gasteiger partial charge in [0.05, 0.1) is 17.4 Å². The van der Waals surface area contributed by atoms with Crippen LogP contribution in [0, 0.1) is 32.8 Å². The fourth-order valence-corrected chi connectivity index (χ4v) is 1.20. The average Bonchev–Trinajstić information content (AvgIpc) is 2.16. The lowest BCUT2D eigenvalue weighted by atomic mass is 10.1. The van der Waals surface area contributed by atoms with Gasteiger partial charge in [0.15, 0.2) is 0 Å². The summed E-state index contributed by atoms with van der Waals surface area (Å²) in [6, 6.07) is 6.20.